The fourth-order valence-corrected chi connectivity index (χ4v) is 5.15. The summed E-state index contributed by atoms with van der Waals surface area (Å²) in [6.07, 6.45) is 0. The maximum atomic E-state index is 12.6. The molecule has 2 N–H and O–H groups in total. The number of amides is 2. The molecule has 0 aliphatic carbocycles. The van der Waals surface area contributed by atoms with Crippen LogP contribution in [-0.2, 0) is 0 Å². The highest BCUT2D eigenvalue weighted by molar-refractivity contribution is 7.80. The predicted molar refractivity (Wildman–Crippen MR) is 146 cm³/mol. The average molecular weight is 550 g/mol. The van der Waals surface area contributed by atoms with Gasteiger partial charge in [-0.1, -0.05) is 29.3 Å². The Labute approximate surface area is 222 Å². The van der Waals surface area contributed by atoms with Crippen molar-refractivity contribution in [1.29, 1.82) is 0 Å². The number of methoxy groups -OCH3 is 1. The molecule has 11 heteroatoms. The molecule has 2 aromatic carbocycles. The number of hydrogen-bond acceptors (Lipinski definition) is 6. The molecular formula is C24H22Cl2N4O3S2. The van der Waals surface area contributed by atoms with Crippen LogP contribution in [0.3, 0.4) is 0 Å². The van der Waals surface area contributed by atoms with E-state index >= 15 is 0 Å². The summed E-state index contributed by atoms with van der Waals surface area (Å²) < 4.78 is 5.10. The van der Waals surface area contributed by atoms with Gasteiger partial charge in [-0.05, 0) is 60.1 Å². The molecule has 35 heavy (non-hydrogen) atoms. The summed E-state index contributed by atoms with van der Waals surface area (Å²) in [6, 6.07) is 13.9. The quantitative estimate of drug-likeness (QED) is 0.429. The van der Waals surface area contributed by atoms with E-state index in [1.54, 1.807) is 18.2 Å². The van der Waals surface area contributed by atoms with E-state index in [9.17, 15) is 9.59 Å². The monoisotopic (exact) mass is 548 g/mol. The number of benzene rings is 2. The zero-order valence-electron chi connectivity index (χ0n) is 18.7. The molecule has 1 aromatic heterocycles. The third-order valence-corrected chi connectivity index (χ3v) is 7.15. The second kappa shape index (κ2) is 11.3. The number of hydrogen-bond donors (Lipinski definition) is 2. The van der Waals surface area contributed by atoms with Crippen LogP contribution in [-0.4, -0.2) is 55.1 Å². The van der Waals surface area contributed by atoms with Crippen molar-refractivity contribution < 1.29 is 14.3 Å². The van der Waals surface area contributed by atoms with Gasteiger partial charge in [-0.25, -0.2) is 0 Å². The maximum Gasteiger partial charge on any atom is 0.264 e. The molecule has 2 heterocycles. The number of halogens is 2. The molecule has 1 saturated heterocycles. The third kappa shape index (κ3) is 6.05. The van der Waals surface area contributed by atoms with Crippen LogP contribution in [0.2, 0.25) is 10.0 Å². The first kappa shape index (κ1) is 25.2. The van der Waals surface area contributed by atoms with Crippen molar-refractivity contribution in [3.63, 3.8) is 0 Å². The molecule has 1 aliphatic heterocycles. The number of thiocarbonyl (C=S) groups is 1. The minimum absolute atomic E-state index is 0.0674. The SMILES string of the molecule is COc1ccc(C(=O)NC(=S)Nc2ccc(N3CCN(C(=O)c4cccs4)CC3)c(Cl)c2)cc1Cl. The normalized spacial score (nSPS) is 13.3. The standard InChI is InChI=1S/C24H22Cl2N4O3S2/c1-33-20-7-4-15(13-18(20)26)22(31)28-24(34)27-16-5-6-19(17(25)14-16)29-8-10-30(11-9-29)23(32)21-3-2-12-35-21/h2-7,12-14H,8-11H2,1H3,(H2,27,28,31,34). The Morgan fingerprint density at radius 2 is 1.80 bits per heavy atom. The molecule has 0 bridgehead atoms. The molecule has 0 saturated carbocycles. The number of thiophene rings is 1. The fraction of sp³-hybridized carbons (Fsp3) is 0.208. The topological polar surface area (TPSA) is 73.9 Å². The maximum absolute atomic E-state index is 12.6. The van der Waals surface area contributed by atoms with Gasteiger partial charge in [-0.3, -0.25) is 14.9 Å². The van der Waals surface area contributed by atoms with Gasteiger partial charge in [0, 0.05) is 37.4 Å². The molecule has 3 aromatic rings. The Morgan fingerprint density at radius 1 is 1.03 bits per heavy atom. The van der Waals surface area contributed by atoms with Crippen molar-refractivity contribution in [3.05, 3.63) is 74.4 Å². The summed E-state index contributed by atoms with van der Waals surface area (Å²) >= 11 is 19.4. The number of ether oxygens (including phenoxy) is 1. The molecule has 182 valence electrons. The smallest absolute Gasteiger partial charge is 0.264 e. The molecule has 0 unspecified atom stereocenters. The third-order valence-electron chi connectivity index (χ3n) is 5.49. The van der Waals surface area contributed by atoms with Crippen LogP contribution < -0.4 is 20.3 Å². The van der Waals surface area contributed by atoms with Crippen molar-refractivity contribution in [2.75, 3.05) is 43.5 Å². The van der Waals surface area contributed by atoms with Gasteiger partial charge in [0.05, 0.1) is 27.7 Å². The molecule has 7 nitrogen and oxygen atoms in total. The van der Waals surface area contributed by atoms with Gasteiger partial charge in [0.1, 0.15) is 5.75 Å². The van der Waals surface area contributed by atoms with Crippen LogP contribution in [0.1, 0.15) is 20.0 Å². The van der Waals surface area contributed by atoms with E-state index in [0.29, 0.717) is 53.2 Å². The second-order valence-electron chi connectivity index (χ2n) is 7.68. The molecule has 0 radical (unpaired) electrons. The van der Waals surface area contributed by atoms with Crippen molar-refractivity contribution in [2.24, 2.45) is 0 Å². The molecule has 1 fully saturated rings. The first-order valence-corrected chi connectivity index (χ1v) is 12.7. The first-order chi connectivity index (χ1) is 16.9. The zero-order valence-corrected chi connectivity index (χ0v) is 21.9. The van der Waals surface area contributed by atoms with E-state index in [4.69, 9.17) is 40.2 Å². The van der Waals surface area contributed by atoms with Gasteiger partial charge in [0.2, 0.25) is 0 Å². The van der Waals surface area contributed by atoms with E-state index in [2.05, 4.69) is 15.5 Å². The lowest BCUT2D eigenvalue weighted by molar-refractivity contribution is 0.0751. The summed E-state index contributed by atoms with van der Waals surface area (Å²) in [6.45, 7) is 2.61. The summed E-state index contributed by atoms with van der Waals surface area (Å²) in [5, 5.41) is 8.52. The predicted octanol–water partition coefficient (Wildman–Crippen LogP) is 5.15. The number of piperazine rings is 1. The van der Waals surface area contributed by atoms with Gasteiger partial charge in [0.15, 0.2) is 5.11 Å². The van der Waals surface area contributed by atoms with Crippen LogP contribution in [0.25, 0.3) is 0 Å². The highest BCUT2D eigenvalue weighted by Crippen LogP contribution is 2.30. The lowest BCUT2D eigenvalue weighted by Gasteiger charge is -2.36. The largest absolute Gasteiger partial charge is 0.495 e. The highest BCUT2D eigenvalue weighted by atomic mass is 35.5. The molecule has 1 aliphatic rings. The molecule has 0 atom stereocenters. The highest BCUT2D eigenvalue weighted by Gasteiger charge is 2.24. The van der Waals surface area contributed by atoms with Gasteiger partial charge < -0.3 is 19.9 Å². The summed E-state index contributed by atoms with van der Waals surface area (Å²) in [5.74, 6) is 0.150. The summed E-state index contributed by atoms with van der Waals surface area (Å²) in [7, 11) is 1.50. The lowest BCUT2D eigenvalue weighted by Crippen LogP contribution is -2.48. The van der Waals surface area contributed by atoms with Crippen molar-refractivity contribution in [1.82, 2.24) is 10.2 Å². The first-order valence-electron chi connectivity index (χ1n) is 10.7. The number of anilines is 2. The molecule has 2 amide bonds. The van der Waals surface area contributed by atoms with Gasteiger partial charge >= 0.3 is 0 Å². The van der Waals surface area contributed by atoms with Crippen LogP contribution in [0.4, 0.5) is 11.4 Å². The van der Waals surface area contributed by atoms with Gasteiger partial charge in [-0.15, -0.1) is 11.3 Å². The zero-order chi connectivity index (χ0) is 24.9. The lowest BCUT2D eigenvalue weighted by atomic mass is 10.2. The number of nitrogens with one attached hydrogen (secondary N) is 2. The van der Waals surface area contributed by atoms with Crippen molar-refractivity contribution >= 4 is 75.1 Å². The molecular weight excluding hydrogens is 527 g/mol. The van der Waals surface area contributed by atoms with E-state index in [1.165, 1.54) is 24.5 Å². The summed E-state index contributed by atoms with van der Waals surface area (Å²) in [5.41, 5.74) is 1.87. The number of nitrogens with zero attached hydrogens (tertiary/aromatic N) is 2. The Hall–Kier alpha value is -2.85. The van der Waals surface area contributed by atoms with E-state index in [0.717, 1.165) is 10.6 Å². The minimum Gasteiger partial charge on any atom is -0.495 e. The van der Waals surface area contributed by atoms with Crippen LogP contribution in [0.15, 0.2) is 53.9 Å². The Morgan fingerprint density at radius 3 is 2.43 bits per heavy atom. The number of rotatable bonds is 5. The van der Waals surface area contributed by atoms with Crippen LogP contribution in [0.5, 0.6) is 5.75 Å². The van der Waals surface area contributed by atoms with Crippen LogP contribution >= 0.6 is 46.8 Å². The fourth-order valence-electron chi connectivity index (χ4n) is 3.69. The van der Waals surface area contributed by atoms with Gasteiger partial charge in [0.25, 0.3) is 11.8 Å². The number of carbonyl (C=O) groups is 2. The minimum atomic E-state index is -0.398. The van der Waals surface area contributed by atoms with Gasteiger partial charge in [-0.2, -0.15) is 0 Å². The summed E-state index contributed by atoms with van der Waals surface area (Å²) in [4.78, 5) is 29.8. The van der Waals surface area contributed by atoms with E-state index in [1.807, 2.05) is 34.5 Å². The van der Waals surface area contributed by atoms with Crippen LogP contribution in [0, 0.1) is 0 Å². The van der Waals surface area contributed by atoms with E-state index in [-0.39, 0.29) is 11.0 Å². The molecule has 4 rings (SSSR count). The molecule has 0 spiro atoms. The second-order valence-corrected chi connectivity index (χ2v) is 9.85. The Bertz CT molecular complexity index is 1250. The average Bonchev–Trinajstić information content (AvgIpc) is 3.39. The Kier molecular flexibility index (Phi) is 8.12. The Balaban J connectivity index is 1.32. The number of carbonyl (C=O) groups excluding carboxylic acids is 2. The van der Waals surface area contributed by atoms with Crippen molar-refractivity contribution in [3.8, 4) is 5.75 Å². The van der Waals surface area contributed by atoms with Crippen molar-refractivity contribution in [2.45, 2.75) is 0 Å². The van der Waals surface area contributed by atoms with E-state index < -0.39 is 5.91 Å².